The first-order valence-electron chi connectivity index (χ1n) is 10.6. The first-order chi connectivity index (χ1) is 14.6. The van der Waals surface area contributed by atoms with Crippen molar-refractivity contribution < 1.29 is 9.21 Å². The normalized spacial score (nSPS) is 19.0. The third kappa shape index (κ3) is 5.49. The number of hydrogen-bond donors (Lipinski definition) is 0. The Balaban J connectivity index is 1.29. The minimum atomic E-state index is 0.273. The lowest BCUT2D eigenvalue weighted by molar-refractivity contribution is -0.132. The molecule has 0 saturated carbocycles. The van der Waals surface area contributed by atoms with Gasteiger partial charge in [0.25, 0.3) is 4.84 Å². The molecule has 4 rings (SSSR count). The Morgan fingerprint density at radius 1 is 1.03 bits per heavy atom. The van der Waals surface area contributed by atoms with Crippen LogP contribution in [0.3, 0.4) is 0 Å². The standard InChI is InChI=1S/C21H28ClN5O2S/c22-18-7-5-6-17(14-18)20-23-27(21(30)29-20)16-25-12-10-24(11-13-25)15-19(28)26-8-3-1-2-4-9-26/h5-7,14H,1-4,8-13,15-16H2. The van der Waals surface area contributed by atoms with Crippen LogP contribution >= 0.6 is 23.8 Å². The van der Waals surface area contributed by atoms with Crippen molar-refractivity contribution in [1.82, 2.24) is 24.5 Å². The van der Waals surface area contributed by atoms with E-state index in [1.165, 1.54) is 12.8 Å². The molecule has 2 aliphatic rings. The van der Waals surface area contributed by atoms with E-state index < -0.39 is 0 Å². The predicted octanol–water partition coefficient (Wildman–Crippen LogP) is 3.50. The second-order valence-electron chi connectivity index (χ2n) is 8.01. The van der Waals surface area contributed by atoms with Crippen LogP contribution < -0.4 is 0 Å². The number of carbonyl (C=O) groups excluding carboxylic acids is 1. The van der Waals surface area contributed by atoms with Crippen molar-refractivity contribution in [2.75, 3.05) is 45.8 Å². The van der Waals surface area contributed by atoms with Crippen molar-refractivity contribution in [3.05, 3.63) is 34.1 Å². The highest BCUT2D eigenvalue weighted by Crippen LogP contribution is 2.21. The lowest BCUT2D eigenvalue weighted by atomic mass is 10.2. The molecule has 1 aromatic heterocycles. The summed E-state index contributed by atoms with van der Waals surface area (Å²) in [6.07, 6.45) is 4.75. The fourth-order valence-electron chi connectivity index (χ4n) is 4.02. The van der Waals surface area contributed by atoms with E-state index >= 15 is 0 Å². The maximum Gasteiger partial charge on any atom is 0.288 e. The Hall–Kier alpha value is -1.74. The largest absolute Gasteiger partial charge is 0.409 e. The highest BCUT2D eigenvalue weighted by molar-refractivity contribution is 7.71. The number of likely N-dealkylation sites (tertiary alicyclic amines) is 1. The van der Waals surface area contributed by atoms with E-state index in [0.29, 0.717) is 29.0 Å². The molecule has 0 unspecified atom stereocenters. The Bertz CT molecular complexity index is 914. The van der Waals surface area contributed by atoms with E-state index in [1.807, 2.05) is 29.2 Å². The summed E-state index contributed by atoms with van der Waals surface area (Å²) in [5.74, 6) is 0.749. The van der Waals surface area contributed by atoms with Gasteiger partial charge < -0.3 is 9.32 Å². The first-order valence-corrected chi connectivity index (χ1v) is 11.4. The van der Waals surface area contributed by atoms with Crippen molar-refractivity contribution in [2.24, 2.45) is 0 Å². The van der Waals surface area contributed by atoms with Crippen LogP contribution in [0.4, 0.5) is 0 Å². The molecular formula is C21H28ClN5O2S. The van der Waals surface area contributed by atoms with Gasteiger partial charge in [-0.3, -0.25) is 14.6 Å². The van der Waals surface area contributed by atoms with E-state index in [2.05, 4.69) is 14.9 Å². The van der Waals surface area contributed by atoms with Gasteiger partial charge in [-0.1, -0.05) is 30.5 Å². The molecule has 0 radical (unpaired) electrons. The average molecular weight is 450 g/mol. The van der Waals surface area contributed by atoms with Gasteiger partial charge in [-0.2, -0.15) is 0 Å². The first kappa shape index (κ1) is 21.5. The summed E-state index contributed by atoms with van der Waals surface area (Å²) >= 11 is 11.4. The quantitative estimate of drug-likeness (QED) is 0.651. The smallest absolute Gasteiger partial charge is 0.288 e. The number of aromatic nitrogens is 2. The zero-order valence-corrected chi connectivity index (χ0v) is 18.7. The van der Waals surface area contributed by atoms with Gasteiger partial charge >= 0.3 is 0 Å². The zero-order chi connectivity index (χ0) is 20.9. The molecule has 2 saturated heterocycles. The second-order valence-corrected chi connectivity index (χ2v) is 8.80. The molecular weight excluding hydrogens is 422 g/mol. The SMILES string of the molecule is O=C(CN1CCN(Cn2nc(-c3cccc(Cl)c3)oc2=S)CC1)N1CCCCCC1. The van der Waals surface area contributed by atoms with Gasteiger partial charge in [-0.15, -0.1) is 5.10 Å². The number of carbonyl (C=O) groups is 1. The number of hydrogen-bond acceptors (Lipinski definition) is 6. The second kappa shape index (κ2) is 10.0. The molecule has 7 nitrogen and oxygen atoms in total. The summed E-state index contributed by atoms with van der Waals surface area (Å²) in [7, 11) is 0. The van der Waals surface area contributed by atoms with Gasteiger partial charge in [-0.25, -0.2) is 4.68 Å². The summed E-state index contributed by atoms with van der Waals surface area (Å²) in [5, 5.41) is 5.16. The molecule has 0 N–H and O–H groups in total. The minimum Gasteiger partial charge on any atom is -0.409 e. The van der Waals surface area contributed by atoms with Crippen LogP contribution in [0.15, 0.2) is 28.7 Å². The summed E-state index contributed by atoms with van der Waals surface area (Å²) in [6.45, 7) is 6.41. The molecule has 162 valence electrons. The van der Waals surface area contributed by atoms with E-state index in [1.54, 1.807) is 4.68 Å². The summed E-state index contributed by atoms with van der Waals surface area (Å²) in [6, 6.07) is 7.39. The van der Waals surface area contributed by atoms with Crippen LogP contribution in [-0.4, -0.2) is 76.2 Å². The monoisotopic (exact) mass is 449 g/mol. The van der Waals surface area contributed by atoms with Gasteiger partial charge in [0, 0.05) is 49.9 Å². The number of halogens is 1. The summed E-state index contributed by atoms with van der Waals surface area (Å²) in [5.41, 5.74) is 0.809. The molecule has 1 aromatic carbocycles. The molecule has 2 aliphatic heterocycles. The van der Waals surface area contributed by atoms with Crippen LogP contribution in [-0.2, 0) is 11.5 Å². The average Bonchev–Trinajstić information content (AvgIpc) is 2.94. The van der Waals surface area contributed by atoms with Crippen LogP contribution in [0.1, 0.15) is 25.7 Å². The van der Waals surface area contributed by atoms with Gasteiger partial charge in [0.05, 0.1) is 13.2 Å². The van der Waals surface area contributed by atoms with Crippen LogP contribution in [0, 0.1) is 4.84 Å². The van der Waals surface area contributed by atoms with Gasteiger partial charge in [-0.05, 0) is 43.3 Å². The fraction of sp³-hybridized carbons (Fsp3) is 0.571. The third-order valence-corrected chi connectivity index (χ3v) is 6.32. The summed E-state index contributed by atoms with van der Waals surface area (Å²) in [4.78, 5) is 19.6. The van der Waals surface area contributed by atoms with Crippen molar-refractivity contribution in [1.29, 1.82) is 0 Å². The fourth-order valence-corrected chi connectivity index (χ4v) is 4.39. The molecule has 0 spiro atoms. The summed E-state index contributed by atoms with van der Waals surface area (Å²) < 4.78 is 7.38. The van der Waals surface area contributed by atoms with Gasteiger partial charge in [0.1, 0.15) is 0 Å². The highest BCUT2D eigenvalue weighted by atomic mass is 35.5. The number of benzene rings is 1. The van der Waals surface area contributed by atoms with Crippen molar-refractivity contribution in [3.63, 3.8) is 0 Å². The minimum absolute atomic E-state index is 0.273. The molecule has 3 heterocycles. The van der Waals surface area contributed by atoms with Crippen LogP contribution in [0.25, 0.3) is 11.5 Å². The van der Waals surface area contributed by atoms with Gasteiger partial charge in [0.2, 0.25) is 11.8 Å². The Morgan fingerprint density at radius 2 is 1.73 bits per heavy atom. The molecule has 0 atom stereocenters. The number of rotatable bonds is 5. The molecule has 9 heteroatoms. The predicted molar refractivity (Wildman–Crippen MR) is 119 cm³/mol. The van der Waals surface area contributed by atoms with E-state index in [4.69, 9.17) is 28.2 Å². The lowest BCUT2D eigenvalue weighted by Gasteiger charge is -2.35. The van der Waals surface area contributed by atoms with E-state index in [9.17, 15) is 4.79 Å². The van der Waals surface area contributed by atoms with Crippen molar-refractivity contribution in [3.8, 4) is 11.5 Å². The van der Waals surface area contributed by atoms with Gasteiger partial charge in [0.15, 0.2) is 0 Å². The van der Waals surface area contributed by atoms with Crippen LogP contribution in [0.5, 0.6) is 0 Å². The maximum atomic E-state index is 12.6. The molecule has 2 fully saturated rings. The van der Waals surface area contributed by atoms with Crippen molar-refractivity contribution in [2.45, 2.75) is 32.4 Å². The Kier molecular flexibility index (Phi) is 7.20. The zero-order valence-electron chi connectivity index (χ0n) is 17.1. The lowest BCUT2D eigenvalue weighted by Crippen LogP contribution is -2.50. The number of nitrogens with zero attached hydrogens (tertiary/aromatic N) is 5. The van der Waals surface area contributed by atoms with Crippen LogP contribution in [0.2, 0.25) is 5.02 Å². The molecule has 30 heavy (non-hydrogen) atoms. The number of piperazine rings is 1. The maximum absolute atomic E-state index is 12.6. The van der Waals surface area contributed by atoms with E-state index in [-0.39, 0.29) is 5.91 Å². The number of amides is 1. The molecule has 0 bridgehead atoms. The topological polar surface area (TPSA) is 57.8 Å². The Labute approximate surface area is 187 Å². The Morgan fingerprint density at radius 3 is 2.43 bits per heavy atom. The highest BCUT2D eigenvalue weighted by Gasteiger charge is 2.23. The van der Waals surface area contributed by atoms with Crippen molar-refractivity contribution >= 4 is 29.7 Å². The van der Waals surface area contributed by atoms with E-state index in [0.717, 1.165) is 57.7 Å². The molecule has 1 amide bonds. The molecule has 0 aliphatic carbocycles. The molecule has 2 aromatic rings. The third-order valence-electron chi connectivity index (χ3n) is 5.79.